The summed E-state index contributed by atoms with van der Waals surface area (Å²) in [7, 11) is 0. The minimum Gasteiger partial charge on any atom is -0.321 e. The van der Waals surface area contributed by atoms with Crippen LogP contribution >= 0.6 is 15.9 Å². The Balaban J connectivity index is 2.25. The van der Waals surface area contributed by atoms with E-state index in [0.717, 1.165) is 11.9 Å². The highest BCUT2D eigenvalue weighted by molar-refractivity contribution is 9.09. The molecular weight excluding hydrogens is 304 g/mol. The lowest BCUT2D eigenvalue weighted by atomic mass is 9.82. The van der Waals surface area contributed by atoms with Crippen LogP contribution in [0.5, 0.6) is 0 Å². The van der Waals surface area contributed by atoms with Crippen LogP contribution in [0.25, 0.3) is 0 Å². The number of imidazole rings is 1. The van der Waals surface area contributed by atoms with E-state index in [1.807, 2.05) is 10.6 Å². The van der Waals surface area contributed by atoms with Crippen LogP contribution in [0, 0.1) is 28.1 Å². The van der Waals surface area contributed by atoms with Crippen LogP contribution in [-0.4, -0.2) is 14.9 Å². The van der Waals surface area contributed by atoms with E-state index in [4.69, 9.17) is 5.26 Å². The summed E-state index contributed by atoms with van der Waals surface area (Å²) in [4.78, 5) is 4.02. The van der Waals surface area contributed by atoms with Gasteiger partial charge in [0.25, 0.3) is 0 Å². The number of alkyl halides is 1. The summed E-state index contributed by atoms with van der Waals surface area (Å²) in [6, 6.07) is 4.09. The molecule has 0 amide bonds. The molecular formula is C14H17BrN4. The molecule has 1 saturated carbocycles. The van der Waals surface area contributed by atoms with Crippen molar-refractivity contribution in [2.45, 2.75) is 45.1 Å². The van der Waals surface area contributed by atoms with Gasteiger partial charge in [-0.05, 0) is 18.3 Å². The highest BCUT2D eigenvalue weighted by atomic mass is 79.9. The number of hydrogen-bond donors (Lipinski definition) is 0. The lowest BCUT2D eigenvalue weighted by Gasteiger charge is -2.31. The van der Waals surface area contributed by atoms with Crippen molar-refractivity contribution in [2.75, 3.05) is 5.33 Å². The van der Waals surface area contributed by atoms with E-state index in [1.54, 1.807) is 6.33 Å². The summed E-state index contributed by atoms with van der Waals surface area (Å²) in [6.45, 7) is 0.774. The predicted molar refractivity (Wildman–Crippen MR) is 75.6 cm³/mol. The van der Waals surface area contributed by atoms with E-state index in [9.17, 15) is 5.26 Å². The number of rotatable bonds is 3. The third-order valence-corrected chi connectivity index (χ3v) is 5.19. The Morgan fingerprint density at radius 2 is 1.89 bits per heavy atom. The molecule has 1 heterocycles. The molecule has 100 valence electrons. The van der Waals surface area contributed by atoms with Crippen LogP contribution in [0.3, 0.4) is 0 Å². The first kappa shape index (κ1) is 14.1. The van der Waals surface area contributed by atoms with Gasteiger partial charge in [0.1, 0.15) is 12.1 Å². The molecule has 0 unspecified atom stereocenters. The van der Waals surface area contributed by atoms with Gasteiger partial charge in [0.05, 0.1) is 6.33 Å². The summed E-state index contributed by atoms with van der Waals surface area (Å²) in [5.74, 6) is 0. The Morgan fingerprint density at radius 1 is 1.21 bits per heavy atom. The van der Waals surface area contributed by atoms with E-state index in [0.29, 0.717) is 5.69 Å². The molecule has 0 radical (unpaired) electrons. The minimum atomic E-state index is 0.190. The average molecular weight is 321 g/mol. The molecule has 1 aromatic heterocycles. The largest absolute Gasteiger partial charge is 0.321 e. The van der Waals surface area contributed by atoms with Crippen molar-refractivity contribution < 1.29 is 0 Å². The van der Waals surface area contributed by atoms with Gasteiger partial charge in [-0.15, -0.1) is 0 Å². The van der Waals surface area contributed by atoms with E-state index in [1.165, 1.54) is 38.5 Å². The van der Waals surface area contributed by atoms with E-state index < -0.39 is 0 Å². The highest BCUT2D eigenvalue weighted by Crippen LogP contribution is 2.38. The van der Waals surface area contributed by atoms with Crippen molar-refractivity contribution in [3.63, 3.8) is 0 Å². The molecule has 0 atom stereocenters. The van der Waals surface area contributed by atoms with Crippen molar-refractivity contribution in [3.8, 4) is 12.1 Å². The standard InChI is InChI=1S/C14H17BrN4/c15-9-14(5-3-1-2-4-6-14)10-19-11-18-12(7-16)13(19)8-17/h11H,1-6,9-10H2. The lowest BCUT2D eigenvalue weighted by Crippen LogP contribution is -2.28. The maximum Gasteiger partial charge on any atom is 0.176 e. The van der Waals surface area contributed by atoms with Gasteiger partial charge in [0.15, 0.2) is 11.4 Å². The van der Waals surface area contributed by atoms with Crippen molar-refractivity contribution in [1.82, 2.24) is 9.55 Å². The Hall–Kier alpha value is -1.33. The van der Waals surface area contributed by atoms with Crippen molar-refractivity contribution in [3.05, 3.63) is 17.7 Å². The number of halogens is 1. The molecule has 1 aliphatic rings. The Labute approximate surface area is 122 Å². The number of nitriles is 2. The molecule has 19 heavy (non-hydrogen) atoms. The van der Waals surface area contributed by atoms with Gasteiger partial charge in [-0.1, -0.05) is 41.6 Å². The van der Waals surface area contributed by atoms with Gasteiger partial charge >= 0.3 is 0 Å². The van der Waals surface area contributed by atoms with Gasteiger partial charge in [0, 0.05) is 11.9 Å². The fourth-order valence-corrected chi connectivity index (χ4v) is 3.61. The van der Waals surface area contributed by atoms with E-state index >= 15 is 0 Å². The maximum absolute atomic E-state index is 9.19. The van der Waals surface area contributed by atoms with Gasteiger partial charge in [-0.2, -0.15) is 10.5 Å². The quantitative estimate of drug-likeness (QED) is 0.633. The molecule has 0 bridgehead atoms. The van der Waals surface area contributed by atoms with Gasteiger partial charge in [-0.3, -0.25) is 0 Å². The topological polar surface area (TPSA) is 65.4 Å². The summed E-state index contributed by atoms with van der Waals surface area (Å²) < 4.78 is 1.85. The molecule has 0 spiro atoms. The van der Waals surface area contributed by atoms with Crippen LogP contribution in [0.1, 0.15) is 49.9 Å². The SMILES string of the molecule is N#Cc1ncn(CC2(CBr)CCCCCC2)c1C#N. The Kier molecular flexibility index (Phi) is 4.61. The highest BCUT2D eigenvalue weighted by Gasteiger charge is 2.31. The second-order valence-corrected chi connectivity index (χ2v) is 5.90. The zero-order chi connectivity index (χ0) is 13.7. The molecule has 0 N–H and O–H groups in total. The van der Waals surface area contributed by atoms with Crippen LogP contribution in [0.4, 0.5) is 0 Å². The first-order valence-corrected chi connectivity index (χ1v) is 7.78. The van der Waals surface area contributed by atoms with Crippen LogP contribution in [0.15, 0.2) is 6.33 Å². The zero-order valence-corrected chi connectivity index (χ0v) is 12.5. The monoisotopic (exact) mass is 320 g/mol. The maximum atomic E-state index is 9.19. The Morgan fingerprint density at radius 3 is 2.42 bits per heavy atom. The zero-order valence-electron chi connectivity index (χ0n) is 10.9. The summed E-state index contributed by atoms with van der Waals surface area (Å²) >= 11 is 3.65. The molecule has 1 fully saturated rings. The molecule has 4 nitrogen and oxygen atoms in total. The van der Waals surface area contributed by atoms with E-state index in [2.05, 4.69) is 27.0 Å². The molecule has 1 aliphatic carbocycles. The fraction of sp³-hybridized carbons (Fsp3) is 0.643. The normalized spacial score (nSPS) is 18.3. The van der Waals surface area contributed by atoms with Crippen LogP contribution in [0.2, 0.25) is 0 Å². The van der Waals surface area contributed by atoms with E-state index in [-0.39, 0.29) is 11.1 Å². The molecule has 1 aromatic rings. The third-order valence-electron chi connectivity index (χ3n) is 4.00. The number of nitrogens with zero attached hydrogens (tertiary/aromatic N) is 4. The molecule has 0 aliphatic heterocycles. The smallest absolute Gasteiger partial charge is 0.176 e. The second-order valence-electron chi connectivity index (χ2n) is 5.34. The second kappa shape index (κ2) is 6.21. The molecule has 2 rings (SSSR count). The fourth-order valence-electron chi connectivity index (χ4n) is 2.88. The van der Waals surface area contributed by atoms with Gasteiger partial charge in [0.2, 0.25) is 0 Å². The van der Waals surface area contributed by atoms with Crippen LogP contribution < -0.4 is 0 Å². The predicted octanol–water partition coefficient (Wildman–Crippen LogP) is 3.36. The van der Waals surface area contributed by atoms with Gasteiger partial charge < -0.3 is 4.57 Å². The van der Waals surface area contributed by atoms with Crippen LogP contribution in [-0.2, 0) is 6.54 Å². The minimum absolute atomic E-state index is 0.190. The van der Waals surface area contributed by atoms with Gasteiger partial charge in [-0.25, -0.2) is 4.98 Å². The third kappa shape index (κ3) is 2.98. The summed E-state index contributed by atoms with van der Waals surface area (Å²) in [5, 5.41) is 19.1. The Bertz CT molecular complexity index is 513. The number of hydrogen-bond acceptors (Lipinski definition) is 3. The number of aromatic nitrogens is 2. The summed E-state index contributed by atoms with van der Waals surface area (Å²) in [6.07, 6.45) is 9.06. The van der Waals surface area contributed by atoms with Crippen molar-refractivity contribution >= 4 is 15.9 Å². The molecule has 0 saturated heterocycles. The average Bonchev–Trinajstić information content (AvgIpc) is 2.67. The first-order chi connectivity index (χ1) is 9.24. The van der Waals surface area contributed by atoms with Crippen molar-refractivity contribution in [1.29, 1.82) is 10.5 Å². The summed E-state index contributed by atoms with van der Waals surface area (Å²) in [5.41, 5.74) is 0.822. The molecule has 0 aromatic carbocycles. The molecule has 5 heteroatoms. The first-order valence-electron chi connectivity index (χ1n) is 6.66. The lowest BCUT2D eigenvalue weighted by molar-refractivity contribution is 0.241. The van der Waals surface area contributed by atoms with Crippen molar-refractivity contribution in [2.24, 2.45) is 5.41 Å².